The van der Waals surface area contributed by atoms with Gasteiger partial charge in [-0.3, -0.25) is 4.79 Å². The van der Waals surface area contributed by atoms with Crippen LogP contribution in [-0.4, -0.2) is 50.1 Å². The number of hydrogen-bond donors (Lipinski definition) is 2. The average molecular weight is 305 g/mol. The highest BCUT2D eigenvalue weighted by atomic mass is 32.2. The van der Waals surface area contributed by atoms with E-state index in [0.29, 0.717) is 38.9 Å². The Balaban J connectivity index is 2.23. The topological polar surface area (TPSA) is 92.5 Å². The van der Waals surface area contributed by atoms with Crippen LogP contribution in [0, 0.1) is 0 Å². The highest BCUT2D eigenvalue weighted by Crippen LogP contribution is 2.14. The maximum absolute atomic E-state index is 11.7. The Labute approximate surface area is 122 Å². The molecule has 1 rings (SSSR count). The molecular weight excluding hydrogens is 278 g/mol. The van der Waals surface area contributed by atoms with Crippen LogP contribution < -0.4 is 11.1 Å². The zero-order valence-electron chi connectivity index (χ0n) is 12.3. The summed E-state index contributed by atoms with van der Waals surface area (Å²) in [5.74, 6) is 0.212. The number of nitrogens with one attached hydrogen (secondary N) is 1. The van der Waals surface area contributed by atoms with Gasteiger partial charge in [0.15, 0.2) is 0 Å². The monoisotopic (exact) mass is 305 g/mol. The number of hydrogen-bond acceptors (Lipinski definition) is 4. The molecule has 0 aliphatic carbocycles. The van der Waals surface area contributed by atoms with Gasteiger partial charge >= 0.3 is 0 Å². The predicted octanol–water partition coefficient (Wildman–Crippen LogP) is 0.436. The molecule has 1 aliphatic rings. The van der Waals surface area contributed by atoms with E-state index in [-0.39, 0.29) is 17.7 Å². The molecule has 7 heteroatoms. The van der Waals surface area contributed by atoms with E-state index >= 15 is 0 Å². The number of nitrogens with two attached hydrogens (primary N) is 1. The molecule has 1 saturated heterocycles. The second kappa shape index (κ2) is 8.59. The third kappa shape index (κ3) is 5.76. The number of piperidine rings is 1. The van der Waals surface area contributed by atoms with Crippen LogP contribution in [-0.2, 0) is 14.8 Å². The number of carbonyl (C=O) groups is 1. The van der Waals surface area contributed by atoms with Gasteiger partial charge in [0.1, 0.15) is 0 Å². The quantitative estimate of drug-likeness (QED) is 0.636. The van der Waals surface area contributed by atoms with Gasteiger partial charge in [-0.05, 0) is 39.2 Å². The van der Waals surface area contributed by atoms with E-state index in [1.54, 1.807) is 6.92 Å². The van der Waals surface area contributed by atoms with Crippen molar-refractivity contribution in [3.05, 3.63) is 0 Å². The molecule has 6 nitrogen and oxygen atoms in total. The SMILES string of the molecule is CCS(=O)(=O)N1CCC(NC(=O)CCCCCN)CC1. The van der Waals surface area contributed by atoms with Crippen LogP contribution in [0.1, 0.15) is 45.4 Å². The number of unbranched alkanes of at least 4 members (excludes halogenated alkanes) is 2. The van der Waals surface area contributed by atoms with Crippen LogP contribution in [0.4, 0.5) is 0 Å². The average Bonchev–Trinajstić information content (AvgIpc) is 2.44. The van der Waals surface area contributed by atoms with Crippen molar-refractivity contribution in [2.24, 2.45) is 5.73 Å². The van der Waals surface area contributed by atoms with Crippen molar-refractivity contribution in [3.63, 3.8) is 0 Å². The third-order valence-electron chi connectivity index (χ3n) is 3.69. The summed E-state index contributed by atoms with van der Waals surface area (Å²) in [7, 11) is -3.08. The highest BCUT2D eigenvalue weighted by molar-refractivity contribution is 7.89. The molecule has 1 amide bonds. The van der Waals surface area contributed by atoms with Crippen molar-refractivity contribution in [1.82, 2.24) is 9.62 Å². The number of amides is 1. The van der Waals surface area contributed by atoms with Crippen molar-refractivity contribution >= 4 is 15.9 Å². The lowest BCUT2D eigenvalue weighted by atomic mass is 10.1. The highest BCUT2D eigenvalue weighted by Gasteiger charge is 2.27. The van der Waals surface area contributed by atoms with Gasteiger partial charge < -0.3 is 11.1 Å². The van der Waals surface area contributed by atoms with Crippen LogP contribution in [0.3, 0.4) is 0 Å². The summed E-state index contributed by atoms with van der Waals surface area (Å²) < 4.78 is 25.0. The van der Waals surface area contributed by atoms with Crippen LogP contribution in [0.2, 0.25) is 0 Å². The molecule has 118 valence electrons. The Morgan fingerprint density at radius 1 is 1.25 bits per heavy atom. The normalized spacial score (nSPS) is 18.1. The Hall–Kier alpha value is -0.660. The van der Waals surface area contributed by atoms with Crippen LogP contribution >= 0.6 is 0 Å². The zero-order chi connectivity index (χ0) is 15.0. The van der Waals surface area contributed by atoms with E-state index in [4.69, 9.17) is 5.73 Å². The molecular formula is C13H27N3O3S. The van der Waals surface area contributed by atoms with Crippen molar-refractivity contribution in [3.8, 4) is 0 Å². The smallest absolute Gasteiger partial charge is 0.220 e. The molecule has 1 fully saturated rings. The van der Waals surface area contributed by atoms with Crippen molar-refractivity contribution in [2.45, 2.75) is 51.5 Å². The fraction of sp³-hybridized carbons (Fsp3) is 0.923. The summed E-state index contributed by atoms with van der Waals surface area (Å²) in [5, 5.41) is 2.99. The van der Waals surface area contributed by atoms with Gasteiger partial charge in [0, 0.05) is 25.6 Å². The molecule has 0 aromatic heterocycles. The Morgan fingerprint density at radius 3 is 2.45 bits per heavy atom. The minimum absolute atomic E-state index is 0.0684. The van der Waals surface area contributed by atoms with E-state index in [1.165, 1.54) is 4.31 Å². The molecule has 0 unspecified atom stereocenters. The molecule has 0 atom stereocenters. The summed E-state index contributed by atoms with van der Waals surface area (Å²) in [6.07, 6.45) is 4.75. The van der Waals surface area contributed by atoms with Gasteiger partial charge in [0.25, 0.3) is 0 Å². The zero-order valence-corrected chi connectivity index (χ0v) is 13.1. The lowest BCUT2D eigenvalue weighted by Gasteiger charge is -2.31. The lowest BCUT2D eigenvalue weighted by molar-refractivity contribution is -0.122. The van der Waals surface area contributed by atoms with E-state index in [2.05, 4.69) is 5.32 Å². The second-order valence-electron chi connectivity index (χ2n) is 5.24. The fourth-order valence-electron chi connectivity index (χ4n) is 2.37. The van der Waals surface area contributed by atoms with E-state index in [0.717, 1.165) is 19.3 Å². The first-order valence-electron chi connectivity index (χ1n) is 7.47. The molecule has 0 aromatic rings. The second-order valence-corrected chi connectivity index (χ2v) is 7.50. The Morgan fingerprint density at radius 2 is 1.90 bits per heavy atom. The molecule has 1 aliphatic heterocycles. The molecule has 20 heavy (non-hydrogen) atoms. The van der Waals surface area contributed by atoms with Gasteiger partial charge in [-0.25, -0.2) is 12.7 Å². The summed E-state index contributed by atoms with van der Waals surface area (Å²) in [6.45, 7) is 3.35. The maximum atomic E-state index is 11.7. The lowest BCUT2D eigenvalue weighted by Crippen LogP contribution is -2.46. The molecule has 0 bridgehead atoms. The van der Waals surface area contributed by atoms with E-state index in [1.807, 2.05) is 0 Å². The minimum Gasteiger partial charge on any atom is -0.353 e. The molecule has 0 spiro atoms. The first kappa shape index (κ1) is 17.4. The maximum Gasteiger partial charge on any atom is 0.220 e. The largest absolute Gasteiger partial charge is 0.353 e. The number of carbonyl (C=O) groups excluding carboxylic acids is 1. The number of rotatable bonds is 8. The summed E-state index contributed by atoms with van der Waals surface area (Å²) in [6, 6.07) is 0.111. The molecule has 0 radical (unpaired) electrons. The van der Waals surface area contributed by atoms with Crippen LogP contribution in [0.5, 0.6) is 0 Å². The van der Waals surface area contributed by atoms with Crippen molar-refractivity contribution in [1.29, 1.82) is 0 Å². The van der Waals surface area contributed by atoms with Gasteiger partial charge in [0.2, 0.25) is 15.9 Å². The standard InChI is InChI=1S/C13H27N3O3S/c1-2-20(18,19)16-10-7-12(8-11-16)15-13(17)6-4-3-5-9-14/h12H,2-11,14H2,1H3,(H,15,17). The predicted molar refractivity (Wildman–Crippen MR) is 79.7 cm³/mol. The third-order valence-corrected chi connectivity index (χ3v) is 5.57. The van der Waals surface area contributed by atoms with E-state index < -0.39 is 10.0 Å². The van der Waals surface area contributed by atoms with Gasteiger partial charge in [-0.2, -0.15) is 0 Å². The number of nitrogens with zero attached hydrogens (tertiary/aromatic N) is 1. The van der Waals surface area contributed by atoms with Gasteiger partial charge in [-0.1, -0.05) is 6.42 Å². The Bertz CT molecular complexity index is 390. The minimum atomic E-state index is -3.08. The summed E-state index contributed by atoms with van der Waals surface area (Å²) in [5.41, 5.74) is 5.40. The molecule has 0 saturated carbocycles. The Kier molecular flexibility index (Phi) is 7.47. The first-order chi connectivity index (χ1) is 9.49. The summed E-state index contributed by atoms with van der Waals surface area (Å²) in [4.78, 5) is 11.7. The van der Waals surface area contributed by atoms with Crippen molar-refractivity contribution < 1.29 is 13.2 Å². The number of sulfonamides is 1. The van der Waals surface area contributed by atoms with Crippen molar-refractivity contribution in [2.75, 3.05) is 25.4 Å². The molecule has 1 heterocycles. The van der Waals surface area contributed by atoms with Gasteiger partial charge in [0.05, 0.1) is 5.75 Å². The van der Waals surface area contributed by atoms with Crippen LogP contribution in [0.25, 0.3) is 0 Å². The fourth-order valence-corrected chi connectivity index (χ4v) is 3.50. The van der Waals surface area contributed by atoms with E-state index in [9.17, 15) is 13.2 Å². The first-order valence-corrected chi connectivity index (χ1v) is 9.07. The van der Waals surface area contributed by atoms with Crippen LogP contribution in [0.15, 0.2) is 0 Å². The molecule has 3 N–H and O–H groups in total. The summed E-state index contributed by atoms with van der Waals surface area (Å²) >= 11 is 0. The molecule has 0 aromatic carbocycles. The van der Waals surface area contributed by atoms with Gasteiger partial charge in [-0.15, -0.1) is 0 Å².